The van der Waals surface area contributed by atoms with Gasteiger partial charge in [0, 0.05) is 13.0 Å². The monoisotopic (exact) mass is 620 g/mol. The van der Waals surface area contributed by atoms with E-state index >= 15 is 0 Å². The number of hydrogen-bond acceptors (Lipinski definition) is 6. The number of nitrogens with zero attached hydrogens (tertiary/aromatic N) is 1. The number of hydrogen-bond donors (Lipinski definition) is 1. The van der Waals surface area contributed by atoms with Crippen LogP contribution < -0.4 is 0 Å². The Morgan fingerprint density at radius 3 is 1.79 bits per heavy atom. The molecule has 0 heterocycles. The molecule has 0 saturated heterocycles. The Labute approximate surface area is 259 Å². The van der Waals surface area contributed by atoms with Crippen LogP contribution in [0.4, 0.5) is 0 Å². The highest BCUT2D eigenvalue weighted by Crippen LogP contribution is 2.43. The van der Waals surface area contributed by atoms with Crippen molar-refractivity contribution in [3.63, 3.8) is 0 Å². The Bertz CT molecular complexity index is 696. The number of unbranched alkanes of at least 4 members (excludes halogenated alkanes) is 15. The highest BCUT2D eigenvalue weighted by atomic mass is 31.2. The summed E-state index contributed by atoms with van der Waals surface area (Å²) in [5, 5.41) is 0. The van der Waals surface area contributed by atoms with Crippen LogP contribution in [0.2, 0.25) is 0 Å². The molecule has 42 heavy (non-hydrogen) atoms. The van der Waals surface area contributed by atoms with Gasteiger partial charge in [0.15, 0.2) is 0 Å². The third-order valence-corrected chi connectivity index (χ3v) is 8.06. The van der Waals surface area contributed by atoms with Crippen molar-refractivity contribution >= 4 is 13.8 Å². The average Bonchev–Trinajstić information content (AvgIpc) is 2.92. The lowest BCUT2D eigenvalue weighted by Crippen LogP contribution is -2.37. The van der Waals surface area contributed by atoms with Crippen molar-refractivity contribution in [3.05, 3.63) is 12.2 Å². The first-order valence-corrected chi connectivity index (χ1v) is 18.4. The van der Waals surface area contributed by atoms with Crippen LogP contribution in [0.15, 0.2) is 12.2 Å². The van der Waals surface area contributed by atoms with Gasteiger partial charge in [-0.05, 0) is 38.5 Å². The fraction of sp³-hybridized carbons (Fsp3) is 0.909. The van der Waals surface area contributed by atoms with Crippen LogP contribution >= 0.6 is 7.82 Å². The second kappa shape index (κ2) is 27.8. The van der Waals surface area contributed by atoms with Crippen LogP contribution in [0, 0.1) is 0 Å². The Morgan fingerprint density at radius 2 is 1.24 bits per heavy atom. The van der Waals surface area contributed by atoms with Gasteiger partial charge < -0.3 is 18.9 Å². The lowest BCUT2D eigenvalue weighted by Gasteiger charge is -2.24. The third-order valence-electron chi connectivity index (χ3n) is 7.08. The maximum absolute atomic E-state index is 12.2. The molecule has 2 atom stereocenters. The first-order chi connectivity index (χ1) is 20.1. The van der Waals surface area contributed by atoms with Crippen LogP contribution in [0.1, 0.15) is 136 Å². The number of phosphoric ester groups is 1. The number of rotatable bonds is 31. The molecule has 8 nitrogen and oxygen atoms in total. The number of carbonyl (C=O) groups excluding carboxylic acids is 1. The van der Waals surface area contributed by atoms with Crippen molar-refractivity contribution in [2.45, 2.75) is 142 Å². The molecule has 0 radical (unpaired) electrons. The van der Waals surface area contributed by atoms with Gasteiger partial charge in [-0.3, -0.25) is 13.8 Å². The lowest BCUT2D eigenvalue weighted by atomic mass is 10.1. The fourth-order valence-electron chi connectivity index (χ4n) is 4.35. The maximum atomic E-state index is 12.2. The zero-order chi connectivity index (χ0) is 31.4. The summed E-state index contributed by atoms with van der Waals surface area (Å²) >= 11 is 0. The molecule has 0 aliphatic rings. The molecule has 2 unspecified atom stereocenters. The molecule has 0 aromatic heterocycles. The van der Waals surface area contributed by atoms with Crippen molar-refractivity contribution in [2.24, 2.45) is 0 Å². The van der Waals surface area contributed by atoms with E-state index in [1.165, 1.54) is 89.9 Å². The first-order valence-electron chi connectivity index (χ1n) is 16.9. The minimum Gasteiger partial charge on any atom is -0.457 e. The first kappa shape index (κ1) is 41.2. The Hall–Kier alpha value is -0.760. The molecule has 9 heteroatoms. The van der Waals surface area contributed by atoms with E-state index in [0.717, 1.165) is 25.7 Å². The van der Waals surface area contributed by atoms with Gasteiger partial charge in [0.2, 0.25) is 0 Å². The van der Waals surface area contributed by atoms with E-state index in [2.05, 4.69) is 19.1 Å². The molecular formula is C33H67NO7P+. The fourth-order valence-corrected chi connectivity index (χ4v) is 5.09. The number of allylic oxidation sites excluding steroid dienone is 2. The lowest BCUT2D eigenvalue weighted by molar-refractivity contribution is -0.870. The Kier molecular flexibility index (Phi) is 27.3. The smallest absolute Gasteiger partial charge is 0.457 e. The van der Waals surface area contributed by atoms with Crippen molar-refractivity contribution < 1.29 is 37.3 Å². The predicted molar refractivity (Wildman–Crippen MR) is 174 cm³/mol. The summed E-state index contributed by atoms with van der Waals surface area (Å²) in [4.78, 5) is 22.1. The zero-order valence-corrected chi connectivity index (χ0v) is 28.9. The van der Waals surface area contributed by atoms with E-state index < -0.39 is 13.9 Å². The zero-order valence-electron chi connectivity index (χ0n) is 28.0. The number of phosphoric acid groups is 1. The largest absolute Gasteiger partial charge is 0.472 e. The van der Waals surface area contributed by atoms with Gasteiger partial charge in [-0.25, -0.2) is 4.57 Å². The van der Waals surface area contributed by atoms with E-state index in [1.54, 1.807) is 0 Å². The second-order valence-corrected chi connectivity index (χ2v) is 14.0. The maximum Gasteiger partial charge on any atom is 0.472 e. The average molecular weight is 621 g/mol. The Morgan fingerprint density at radius 1 is 0.714 bits per heavy atom. The van der Waals surface area contributed by atoms with Gasteiger partial charge >= 0.3 is 13.8 Å². The molecule has 0 aromatic rings. The second-order valence-electron chi connectivity index (χ2n) is 12.5. The highest BCUT2D eigenvalue weighted by molar-refractivity contribution is 7.47. The van der Waals surface area contributed by atoms with E-state index in [9.17, 15) is 14.3 Å². The van der Waals surface area contributed by atoms with Gasteiger partial charge in [0.25, 0.3) is 0 Å². The standard InChI is InChI=1S/C33H66NO7P/c1-6-8-10-11-12-13-14-15-16-17-18-19-20-21-22-23-24-25-28-38-30-32(41-33(35)26-9-7-2)31-40-42(36,37)39-29-27-34(3,4)5/h15-16,32H,6-14,17-31H2,1-5H3/p+1/b16-15-. The number of esters is 1. The summed E-state index contributed by atoms with van der Waals surface area (Å²) < 4.78 is 34.2. The third kappa shape index (κ3) is 30.7. The summed E-state index contributed by atoms with van der Waals surface area (Å²) in [5.74, 6) is -0.350. The molecule has 0 amide bonds. The SMILES string of the molecule is CCCCCCCC/C=C\CCCCCCCCCCOCC(COP(=O)(O)OCC[N+](C)(C)C)OC(=O)CCCC. The van der Waals surface area contributed by atoms with Crippen LogP contribution in [0.25, 0.3) is 0 Å². The molecular weight excluding hydrogens is 553 g/mol. The molecule has 0 aliphatic carbocycles. The molecule has 0 bridgehead atoms. The summed E-state index contributed by atoms with van der Waals surface area (Å²) in [6, 6.07) is 0. The molecule has 1 N–H and O–H groups in total. The van der Waals surface area contributed by atoms with Crippen molar-refractivity contribution in [2.75, 3.05) is 54.1 Å². The van der Waals surface area contributed by atoms with Crippen LogP contribution in [0.3, 0.4) is 0 Å². The van der Waals surface area contributed by atoms with Gasteiger partial charge in [-0.15, -0.1) is 0 Å². The van der Waals surface area contributed by atoms with Crippen molar-refractivity contribution in [1.82, 2.24) is 0 Å². The quantitative estimate of drug-likeness (QED) is 0.0272. The topological polar surface area (TPSA) is 91.3 Å². The number of carbonyl (C=O) groups is 1. The number of ether oxygens (including phenoxy) is 2. The van der Waals surface area contributed by atoms with Gasteiger partial charge in [-0.2, -0.15) is 0 Å². The molecule has 0 aromatic carbocycles. The predicted octanol–water partition coefficient (Wildman–Crippen LogP) is 8.76. The van der Waals surface area contributed by atoms with E-state index in [-0.39, 0.29) is 25.8 Å². The summed E-state index contributed by atoms with van der Waals surface area (Å²) in [6.07, 6.45) is 26.3. The van der Waals surface area contributed by atoms with Crippen LogP contribution in [0.5, 0.6) is 0 Å². The van der Waals surface area contributed by atoms with Crippen molar-refractivity contribution in [3.8, 4) is 0 Å². The summed E-state index contributed by atoms with van der Waals surface area (Å²) in [5.41, 5.74) is 0. The van der Waals surface area contributed by atoms with E-state index in [1.807, 2.05) is 28.1 Å². The molecule has 0 rings (SSSR count). The van der Waals surface area contributed by atoms with E-state index in [4.69, 9.17) is 18.5 Å². The normalized spacial score (nSPS) is 14.3. The molecule has 0 saturated carbocycles. The molecule has 0 fully saturated rings. The molecule has 0 aliphatic heterocycles. The summed E-state index contributed by atoms with van der Waals surface area (Å²) in [7, 11) is 1.66. The number of quaternary nitrogens is 1. The molecule has 250 valence electrons. The number of likely N-dealkylation sites (N-methyl/N-ethyl adjacent to an activating group) is 1. The Balaban J connectivity index is 3.94. The molecule has 0 spiro atoms. The van der Waals surface area contributed by atoms with Crippen molar-refractivity contribution in [1.29, 1.82) is 0 Å². The highest BCUT2D eigenvalue weighted by Gasteiger charge is 2.26. The van der Waals surface area contributed by atoms with Gasteiger partial charge in [0.1, 0.15) is 19.3 Å². The summed E-state index contributed by atoms with van der Waals surface area (Å²) in [6.45, 7) is 5.36. The minimum absolute atomic E-state index is 0.0887. The van der Waals surface area contributed by atoms with E-state index in [0.29, 0.717) is 24.1 Å². The van der Waals surface area contributed by atoms with Gasteiger partial charge in [-0.1, -0.05) is 103 Å². The minimum atomic E-state index is -4.24. The van der Waals surface area contributed by atoms with Crippen LogP contribution in [-0.4, -0.2) is 75.6 Å². The van der Waals surface area contributed by atoms with Crippen LogP contribution in [-0.2, 0) is 27.9 Å². The van der Waals surface area contributed by atoms with Gasteiger partial charge in [0.05, 0.1) is 34.4 Å².